The SMILES string of the molecule is C=C(Cl)COc1cccc(C(C)NCC)c1. The van der Waals surface area contributed by atoms with E-state index in [-0.39, 0.29) is 0 Å². The smallest absolute Gasteiger partial charge is 0.123 e. The molecule has 1 aromatic carbocycles. The Labute approximate surface area is 102 Å². The number of benzene rings is 1. The highest BCUT2D eigenvalue weighted by Crippen LogP contribution is 2.19. The van der Waals surface area contributed by atoms with Gasteiger partial charge in [0, 0.05) is 11.1 Å². The maximum absolute atomic E-state index is 5.65. The number of halogens is 1. The lowest BCUT2D eigenvalue weighted by Gasteiger charge is -2.14. The van der Waals surface area contributed by atoms with Crippen LogP contribution in [0.1, 0.15) is 25.5 Å². The summed E-state index contributed by atoms with van der Waals surface area (Å²) < 4.78 is 5.48. The van der Waals surface area contributed by atoms with E-state index in [1.54, 1.807) is 0 Å². The van der Waals surface area contributed by atoms with Gasteiger partial charge in [-0.2, -0.15) is 0 Å². The van der Waals surface area contributed by atoms with Gasteiger partial charge in [0.25, 0.3) is 0 Å². The second-order valence-corrected chi connectivity index (χ2v) is 4.19. The molecule has 0 heterocycles. The number of ether oxygens (including phenoxy) is 1. The van der Waals surface area contributed by atoms with Gasteiger partial charge >= 0.3 is 0 Å². The van der Waals surface area contributed by atoms with Crippen LogP contribution in [-0.2, 0) is 0 Å². The number of hydrogen-bond acceptors (Lipinski definition) is 2. The molecule has 88 valence electrons. The molecule has 0 aliphatic rings. The number of hydrogen-bond donors (Lipinski definition) is 1. The Morgan fingerprint density at radius 1 is 1.56 bits per heavy atom. The molecule has 1 aromatic rings. The predicted octanol–water partition coefficient (Wildman–Crippen LogP) is 3.49. The van der Waals surface area contributed by atoms with Crippen LogP contribution in [0.4, 0.5) is 0 Å². The molecule has 2 nitrogen and oxygen atoms in total. The van der Waals surface area contributed by atoms with E-state index in [1.165, 1.54) is 5.56 Å². The Morgan fingerprint density at radius 3 is 2.94 bits per heavy atom. The van der Waals surface area contributed by atoms with Crippen molar-refractivity contribution < 1.29 is 4.74 Å². The number of nitrogens with one attached hydrogen (secondary N) is 1. The van der Waals surface area contributed by atoms with Crippen molar-refractivity contribution in [2.24, 2.45) is 0 Å². The molecule has 0 saturated carbocycles. The lowest BCUT2D eigenvalue weighted by Crippen LogP contribution is -2.17. The van der Waals surface area contributed by atoms with E-state index < -0.39 is 0 Å². The van der Waals surface area contributed by atoms with Crippen molar-refractivity contribution in [3.63, 3.8) is 0 Å². The van der Waals surface area contributed by atoms with Gasteiger partial charge in [-0.15, -0.1) is 0 Å². The van der Waals surface area contributed by atoms with Crippen molar-refractivity contribution >= 4 is 11.6 Å². The molecule has 1 N–H and O–H groups in total. The Kier molecular flexibility index (Phi) is 5.36. The molecule has 1 unspecified atom stereocenters. The second-order valence-electron chi connectivity index (χ2n) is 3.66. The Balaban J connectivity index is 2.66. The van der Waals surface area contributed by atoms with Crippen molar-refractivity contribution in [1.29, 1.82) is 0 Å². The van der Waals surface area contributed by atoms with Crippen LogP contribution in [-0.4, -0.2) is 13.2 Å². The molecule has 0 fully saturated rings. The van der Waals surface area contributed by atoms with Gasteiger partial charge in [0.2, 0.25) is 0 Å². The zero-order valence-electron chi connectivity index (χ0n) is 9.79. The van der Waals surface area contributed by atoms with E-state index in [9.17, 15) is 0 Å². The van der Waals surface area contributed by atoms with Crippen LogP contribution in [0.15, 0.2) is 35.9 Å². The minimum Gasteiger partial charge on any atom is -0.488 e. The van der Waals surface area contributed by atoms with Gasteiger partial charge in [0.15, 0.2) is 0 Å². The minimum atomic E-state index is 0.327. The Morgan fingerprint density at radius 2 is 2.31 bits per heavy atom. The molecule has 0 aromatic heterocycles. The summed E-state index contributed by atoms with van der Waals surface area (Å²) in [6.07, 6.45) is 0. The fourth-order valence-corrected chi connectivity index (χ4v) is 1.51. The van der Waals surface area contributed by atoms with Crippen molar-refractivity contribution in [1.82, 2.24) is 5.32 Å². The van der Waals surface area contributed by atoms with E-state index in [2.05, 4.69) is 31.8 Å². The normalized spacial score (nSPS) is 12.2. The molecule has 0 aliphatic carbocycles. The van der Waals surface area contributed by atoms with Crippen molar-refractivity contribution in [3.05, 3.63) is 41.4 Å². The fraction of sp³-hybridized carbons (Fsp3) is 0.385. The zero-order valence-corrected chi connectivity index (χ0v) is 10.6. The summed E-state index contributed by atoms with van der Waals surface area (Å²) in [5.41, 5.74) is 1.21. The summed E-state index contributed by atoms with van der Waals surface area (Å²) in [6.45, 7) is 9.10. The molecular weight excluding hydrogens is 222 g/mol. The van der Waals surface area contributed by atoms with Crippen LogP contribution >= 0.6 is 11.6 Å². The molecule has 16 heavy (non-hydrogen) atoms. The molecule has 0 amide bonds. The summed E-state index contributed by atoms with van der Waals surface area (Å²) in [5, 5.41) is 3.86. The molecule has 1 rings (SSSR count). The maximum atomic E-state index is 5.65. The summed E-state index contributed by atoms with van der Waals surface area (Å²) >= 11 is 5.65. The summed E-state index contributed by atoms with van der Waals surface area (Å²) in [4.78, 5) is 0. The van der Waals surface area contributed by atoms with Crippen LogP contribution in [0, 0.1) is 0 Å². The van der Waals surface area contributed by atoms with E-state index >= 15 is 0 Å². The van der Waals surface area contributed by atoms with Gasteiger partial charge in [-0.1, -0.05) is 37.2 Å². The molecular formula is C13H18ClNO. The van der Waals surface area contributed by atoms with Crippen LogP contribution in [0.5, 0.6) is 5.75 Å². The van der Waals surface area contributed by atoms with E-state index in [0.717, 1.165) is 12.3 Å². The van der Waals surface area contributed by atoms with Crippen LogP contribution in [0.3, 0.4) is 0 Å². The number of rotatable bonds is 6. The topological polar surface area (TPSA) is 21.3 Å². The highest BCUT2D eigenvalue weighted by atomic mass is 35.5. The Hall–Kier alpha value is -0.990. The standard InChI is InChI=1S/C13H18ClNO/c1-4-15-11(3)12-6-5-7-13(8-12)16-9-10(2)14/h5-8,11,15H,2,4,9H2,1,3H3. The third-order valence-corrected chi connectivity index (χ3v) is 2.37. The van der Waals surface area contributed by atoms with Gasteiger partial charge in [0.05, 0.1) is 0 Å². The van der Waals surface area contributed by atoms with Gasteiger partial charge in [-0.3, -0.25) is 0 Å². The largest absolute Gasteiger partial charge is 0.488 e. The summed E-state index contributed by atoms with van der Waals surface area (Å²) in [7, 11) is 0. The second kappa shape index (κ2) is 6.56. The van der Waals surface area contributed by atoms with Gasteiger partial charge in [-0.05, 0) is 31.2 Å². The lowest BCUT2D eigenvalue weighted by atomic mass is 10.1. The minimum absolute atomic E-state index is 0.327. The Bertz CT molecular complexity index is 352. The first-order chi connectivity index (χ1) is 7.63. The van der Waals surface area contributed by atoms with Crippen molar-refractivity contribution in [2.75, 3.05) is 13.2 Å². The van der Waals surface area contributed by atoms with E-state index in [0.29, 0.717) is 17.7 Å². The first kappa shape index (κ1) is 13.1. The lowest BCUT2D eigenvalue weighted by molar-refractivity contribution is 0.358. The van der Waals surface area contributed by atoms with Gasteiger partial charge in [0.1, 0.15) is 12.4 Å². The average molecular weight is 240 g/mol. The van der Waals surface area contributed by atoms with Crippen LogP contribution < -0.4 is 10.1 Å². The van der Waals surface area contributed by atoms with Gasteiger partial charge in [-0.25, -0.2) is 0 Å². The first-order valence-electron chi connectivity index (χ1n) is 5.43. The summed E-state index contributed by atoms with van der Waals surface area (Å²) in [5.74, 6) is 0.823. The third kappa shape index (κ3) is 4.25. The van der Waals surface area contributed by atoms with E-state index in [4.69, 9.17) is 16.3 Å². The molecule has 0 saturated heterocycles. The molecule has 0 aliphatic heterocycles. The molecule has 3 heteroatoms. The highest BCUT2D eigenvalue weighted by Gasteiger charge is 2.04. The van der Waals surface area contributed by atoms with Crippen molar-refractivity contribution in [3.8, 4) is 5.75 Å². The van der Waals surface area contributed by atoms with Crippen LogP contribution in [0.25, 0.3) is 0 Å². The quantitative estimate of drug-likeness (QED) is 0.821. The van der Waals surface area contributed by atoms with Crippen molar-refractivity contribution in [2.45, 2.75) is 19.9 Å². The third-order valence-electron chi connectivity index (χ3n) is 2.26. The zero-order chi connectivity index (χ0) is 12.0. The maximum Gasteiger partial charge on any atom is 0.123 e. The van der Waals surface area contributed by atoms with Crippen LogP contribution in [0.2, 0.25) is 0 Å². The monoisotopic (exact) mass is 239 g/mol. The molecule has 0 radical (unpaired) electrons. The fourth-order valence-electron chi connectivity index (χ4n) is 1.46. The van der Waals surface area contributed by atoms with E-state index in [1.807, 2.05) is 18.2 Å². The highest BCUT2D eigenvalue weighted by molar-refractivity contribution is 6.29. The summed E-state index contributed by atoms with van der Waals surface area (Å²) in [6, 6.07) is 8.33. The average Bonchev–Trinajstić information content (AvgIpc) is 2.27. The van der Waals surface area contributed by atoms with Gasteiger partial charge < -0.3 is 10.1 Å². The molecule has 0 spiro atoms. The molecule has 0 bridgehead atoms. The predicted molar refractivity (Wildman–Crippen MR) is 69.0 cm³/mol. The first-order valence-corrected chi connectivity index (χ1v) is 5.80. The molecule has 1 atom stereocenters.